The molecule has 40 heavy (non-hydrogen) atoms. The highest BCUT2D eigenvalue weighted by Crippen LogP contribution is 2.45. The Bertz CT molecular complexity index is 1700. The molecule has 2 unspecified atom stereocenters. The molecule has 2 aliphatic heterocycles. The summed E-state index contributed by atoms with van der Waals surface area (Å²) in [5.41, 5.74) is 10.9. The van der Waals surface area contributed by atoms with Crippen molar-refractivity contribution in [2.75, 3.05) is 12.0 Å². The third-order valence-corrected chi connectivity index (χ3v) is 9.60. The molecule has 11 heteroatoms. The molecule has 10 nitrogen and oxygen atoms in total. The number of nitrogens with two attached hydrogens (primary N) is 1. The second-order valence-electron chi connectivity index (χ2n) is 11.3. The standard InChI is InChI=1S/C29H31N7O3S/c1-40(38,39)26-25(19-13-21-10-11-22(14-19)35(21)29(37)33-20-8-9-20)34-28-23(16-32-36(28)27(26)30)18-7-12-24(31-15-18)17-5-3-2-4-6-17/h2-7,12,15-16,19-22H,8-11,13-14,30H2,1H3,(H,33,37)/t19?,21-,22?/m0/s1. The number of amides is 2. The van der Waals surface area contributed by atoms with Crippen LogP contribution < -0.4 is 11.1 Å². The lowest BCUT2D eigenvalue weighted by molar-refractivity contribution is 0.136. The maximum atomic E-state index is 13.0. The quantitative estimate of drug-likeness (QED) is 0.378. The molecule has 5 heterocycles. The van der Waals surface area contributed by atoms with Crippen molar-refractivity contribution in [3.8, 4) is 22.4 Å². The van der Waals surface area contributed by atoms with Crippen LogP contribution in [0.15, 0.2) is 59.8 Å². The van der Waals surface area contributed by atoms with Crippen LogP contribution in [0.25, 0.3) is 28.0 Å². The second-order valence-corrected chi connectivity index (χ2v) is 13.2. The summed E-state index contributed by atoms with van der Waals surface area (Å²) in [7, 11) is -3.70. The monoisotopic (exact) mass is 557 g/mol. The van der Waals surface area contributed by atoms with Gasteiger partial charge in [-0.2, -0.15) is 9.61 Å². The first-order chi connectivity index (χ1) is 19.3. The summed E-state index contributed by atoms with van der Waals surface area (Å²) < 4.78 is 27.5. The summed E-state index contributed by atoms with van der Waals surface area (Å²) in [6.07, 6.45) is 9.78. The summed E-state index contributed by atoms with van der Waals surface area (Å²) in [5.74, 6) is -0.0790. The van der Waals surface area contributed by atoms with Gasteiger partial charge in [-0.05, 0) is 44.6 Å². The minimum Gasteiger partial charge on any atom is -0.382 e. The number of nitrogens with zero attached hydrogens (tertiary/aromatic N) is 5. The van der Waals surface area contributed by atoms with Gasteiger partial charge in [0, 0.05) is 53.2 Å². The molecule has 4 aromatic rings. The Kier molecular flexibility index (Phi) is 5.81. The molecular weight excluding hydrogens is 526 g/mol. The Morgan fingerprint density at radius 3 is 2.33 bits per heavy atom. The number of carbonyl (C=O) groups is 1. The number of urea groups is 1. The van der Waals surface area contributed by atoms with E-state index in [9.17, 15) is 13.2 Å². The fourth-order valence-electron chi connectivity index (χ4n) is 6.42. The van der Waals surface area contributed by atoms with Crippen LogP contribution in [-0.2, 0) is 9.84 Å². The van der Waals surface area contributed by atoms with Crippen LogP contribution in [0.5, 0.6) is 0 Å². The van der Waals surface area contributed by atoms with E-state index in [1.807, 2.05) is 47.4 Å². The summed E-state index contributed by atoms with van der Waals surface area (Å²) in [5, 5.41) is 7.54. The van der Waals surface area contributed by atoms with Gasteiger partial charge < -0.3 is 16.0 Å². The molecule has 3 fully saturated rings. The van der Waals surface area contributed by atoms with Crippen molar-refractivity contribution in [2.45, 2.75) is 67.5 Å². The number of rotatable bonds is 5. The van der Waals surface area contributed by atoms with Crippen molar-refractivity contribution in [2.24, 2.45) is 0 Å². The minimum absolute atomic E-state index is 0.00392. The number of hydrogen-bond donors (Lipinski definition) is 2. The van der Waals surface area contributed by atoms with Crippen molar-refractivity contribution in [3.05, 3.63) is 60.6 Å². The predicted octanol–water partition coefficient (Wildman–Crippen LogP) is 4.03. The third kappa shape index (κ3) is 4.28. The molecule has 206 valence electrons. The van der Waals surface area contributed by atoms with Gasteiger partial charge in [0.2, 0.25) is 0 Å². The van der Waals surface area contributed by atoms with Crippen LogP contribution in [-0.4, -0.2) is 63.3 Å². The number of nitrogen functional groups attached to an aromatic ring is 1. The maximum absolute atomic E-state index is 13.0. The number of piperidine rings is 1. The summed E-state index contributed by atoms with van der Waals surface area (Å²) in [6, 6.07) is 14.2. The van der Waals surface area contributed by atoms with Crippen molar-refractivity contribution in [1.82, 2.24) is 29.8 Å². The van der Waals surface area contributed by atoms with E-state index in [2.05, 4.69) is 15.4 Å². The predicted molar refractivity (Wildman–Crippen MR) is 151 cm³/mol. The molecule has 3 aliphatic rings. The van der Waals surface area contributed by atoms with Crippen LogP contribution in [0.1, 0.15) is 50.1 Å². The van der Waals surface area contributed by atoms with Gasteiger partial charge in [0.1, 0.15) is 10.7 Å². The Morgan fingerprint density at radius 1 is 0.975 bits per heavy atom. The van der Waals surface area contributed by atoms with Gasteiger partial charge in [-0.25, -0.2) is 18.2 Å². The van der Waals surface area contributed by atoms with Gasteiger partial charge in [0.25, 0.3) is 0 Å². The van der Waals surface area contributed by atoms with Crippen molar-refractivity contribution in [3.63, 3.8) is 0 Å². The first kappa shape index (κ1) is 25.0. The molecular formula is C29H31N7O3S. The molecule has 1 saturated carbocycles. The third-order valence-electron chi connectivity index (χ3n) is 8.44. The Labute approximate surface area is 232 Å². The SMILES string of the molecule is CS(=O)(=O)c1c(C2CC3CC[C@@H](C2)N3C(=O)NC2CC2)nc2c(-c3ccc(-c4ccccc4)nc3)cnn2c1N. The van der Waals surface area contributed by atoms with Crippen LogP contribution in [0, 0.1) is 0 Å². The summed E-state index contributed by atoms with van der Waals surface area (Å²) in [6.45, 7) is 0. The molecule has 2 bridgehead atoms. The van der Waals surface area contributed by atoms with E-state index in [-0.39, 0.29) is 34.7 Å². The molecule has 0 spiro atoms. The lowest BCUT2D eigenvalue weighted by Gasteiger charge is -2.39. The van der Waals surface area contributed by atoms with Crippen molar-refractivity contribution < 1.29 is 13.2 Å². The number of benzene rings is 1. The van der Waals surface area contributed by atoms with Crippen LogP contribution >= 0.6 is 0 Å². The number of carbonyl (C=O) groups excluding carboxylic acids is 1. The van der Waals surface area contributed by atoms with Gasteiger partial charge >= 0.3 is 6.03 Å². The highest BCUT2D eigenvalue weighted by molar-refractivity contribution is 7.91. The highest BCUT2D eigenvalue weighted by atomic mass is 32.2. The van der Waals surface area contributed by atoms with Gasteiger partial charge in [0.15, 0.2) is 15.5 Å². The molecule has 2 saturated heterocycles. The van der Waals surface area contributed by atoms with Gasteiger partial charge in [0.05, 0.1) is 17.6 Å². The van der Waals surface area contributed by atoms with Gasteiger partial charge in [-0.3, -0.25) is 4.98 Å². The fraction of sp³-hybridized carbons (Fsp3) is 0.379. The van der Waals surface area contributed by atoms with Crippen LogP contribution in [0.2, 0.25) is 0 Å². The number of aromatic nitrogens is 4. The van der Waals surface area contributed by atoms with E-state index >= 15 is 0 Å². The summed E-state index contributed by atoms with van der Waals surface area (Å²) in [4.78, 5) is 24.6. The lowest BCUT2D eigenvalue weighted by atomic mass is 9.88. The average molecular weight is 558 g/mol. The smallest absolute Gasteiger partial charge is 0.318 e. The zero-order chi connectivity index (χ0) is 27.6. The number of sulfone groups is 1. The Morgan fingerprint density at radius 2 is 1.70 bits per heavy atom. The topological polar surface area (TPSA) is 136 Å². The molecule has 3 atom stereocenters. The van der Waals surface area contributed by atoms with Crippen molar-refractivity contribution >= 4 is 27.3 Å². The number of nitrogens with one attached hydrogen (secondary N) is 1. The number of fused-ring (bicyclic) bond motifs is 3. The first-order valence-electron chi connectivity index (χ1n) is 13.8. The highest BCUT2D eigenvalue weighted by Gasteiger charge is 2.46. The molecule has 2 amide bonds. The zero-order valence-corrected chi connectivity index (χ0v) is 23.0. The number of pyridine rings is 1. The molecule has 1 aromatic carbocycles. The van der Waals surface area contributed by atoms with E-state index < -0.39 is 9.84 Å². The molecule has 3 N–H and O–H groups in total. The largest absolute Gasteiger partial charge is 0.382 e. The number of anilines is 1. The normalized spacial score (nSPS) is 22.5. The first-order valence-corrected chi connectivity index (χ1v) is 15.6. The van der Waals surface area contributed by atoms with E-state index in [0.717, 1.165) is 48.1 Å². The molecule has 0 radical (unpaired) electrons. The maximum Gasteiger partial charge on any atom is 0.318 e. The van der Waals surface area contributed by atoms with E-state index in [1.165, 1.54) is 10.8 Å². The Hall–Kier alpha value is -3.99. The van der Waals surface area contributed by atoms with E-state index in [0.29, 0.717) is 30.2 Å². The molecule has 7 rings (SSSR count). The average Bonchev–Trinajstić information content (AvgIpc) is 3.58. The van der Waals surface area contributed by atoms with Gasteiger partial charge in [-0.15, -0.1) is 0 Å². The molecule has 1 aliphatic carbocycles. The zero-order valence-electron chi connectivity index (χ0n) is 22.2. The second kappa shape index (κ2) is 9.29. The Balaban J connectivity index is 1.27. The number of hydrogen-bond acceptors (Lipinski definition) is 7. The minimum atomic E-state index is -3.70. The van der Waals surface area contributed by atoms with Gasteiger partial charge in [-0.1, -0.05) is 36.4 Å². The van der Waals surface area contributed by atoms with E-state index in [1.54, 1.807) is 12.4 Å². The molecule has 3 aromatic heterocycles. The van der Waals surface area contributed by atoms with Crippen LogP contribution in [0.3, 0.4) is 0 Å². The summed E-state index contributed by atoms with van der Waals surface area (Å²) >= 11 is 0. The lowest BCUT2D eigenvalue weighted by Crippen LogP contribution is -2.51. The fourth-order valence-corrected chi connectivity index (χ4v) is 7.48. The van der Waals surface area contributed by atoms with Crippen LogP contribution in [0.4, 0.5) is 10.6 Å². The van der Waals surface area contributed by atoms with Crippen molar-refractivity contribution in [1.29, 1.82) is 0 Å². The van der Waals surface area contributed by atoms with E-state index in [4.69, 9.17) is 10.7 Å².